The Morgan fingerprint density at radius 1 is 1.36 bits per heavy atom. The number of carbonyl (C=O) groups is 2. The Labute approximate surface area is 162 Å². The fraction of sp³-hybridized carbons (Fsp3) is 0.500. The third-order valence-electron chi connectivity index (χ3n) is 4.57. The molecule has 0 saturated carbocycles. The minimum Gasteiger partial charge on any atom is -0.495 e. The van der Waals surface area contributed by atoms with E-state index < -0.39 is 33.3 Å². The van der Waals surface area contributed by atoms with Crippen LogP contribution in [0.25, 0.3) is 0 Å². The van der Waals surface area contributed by atoms with Crippen LogP contribution in [0, 0.1) is 16.0 Å². The average Bonchev–Trinajstić information content (AvgIpc) is 2.64. The van der Waals surface area contributed by atoms with E-state index in [1.54, 1.807) is 0 Å². The lowest BCUT2D eigenvalue weighted by Gasteiger charge is -2.32. The molecule has 2 amide bonds. The molecule has 1 aromatic carbocycles. The van der Waals surface area contributed by atoms with Gasteiger partial charge in [-0.25, -0.2) is 8.42 Å². The van der Waals surface area contributed by atoms with Gasteiger partial charge in [0, 0.05) is 31.1 Å². The monoisotopic (exact) mass is 414 g/mol. The molecule has 0 atom stereocenters. The van der Waals surface area contributed by atoms with Crippen molar-refractivity contribution in [1.82, 2.24) is 4.90 Å². The highest BCUT2D eigenvalue weighted by atomic mass is 32.2. The Morgan fingerprint density at radius 2 is 1.96 bits per heavy atom. The minimum atomic E-state index is -3.94. The molecule has 0 bridgehead atoms. The van der Waals surface area contributed by atoms with E-state index in [-0.39, 0.29) is 36.1 Å². The van der Waals surface area contributed by atoms with Gasteiger partial charge in [-0.05, 0) is 18.9 Å². The zero-order chi connectivity index (χ0) is 21.1. The van der Waals surface area contributed by atoms with Crippen molar-refractivity contribution in [2.45, 2.75) is 12.8 Å². The molecular formula is C16H22N4O7S. The molecule has 2 N–H and O–H groups in total. The van der Waals surface area contributed by atoms with E-state index in [2.05, 4.69) is 0 Å². The van der Waals surface area contributed by atoms with Gasteiger partial charge < -0.3 is 15.4 Å². The maximum Gasteiger partial charge on any atom is 0.271 e. The Balaban J connectivity index is 2.29. The van der Waals surface area contributed by atoms with E-state index >= 15 is 0 Å². The molecule has 1 heterocycles. The zero-order valence-corrected chi connectivity index (χ0v) is 16.3. The summed E-state index contributed by atoms with van der Waals surface area (Å²) in [4.78, 5) is 35.7. The van der Waals surface area contributed by atoms with Crippen molar-refractivity contribution >= 4 is 33.2 Å². The lowest BCUT2D eigenvalue weighted by atomic mass is 9.96. The molecule has 0 aliphatic carbocycles. The standard InChI is InChI=1S/C16H22N4O7S/c1-27-14-4-3-12(20(23)24)9-13(14)19(28(2,25)26)10-15(21)18-7-5-11(6-8-18)16(17)22/h3-4,9,11H,5-8,10H2,1-2H3,(H2,17,22). The topological polar surface area (TPSA) is 153 Å². The molecule has 0 aromatic heterocycles. The fourth-order valence-corrected chi connectivity index (χ4v) is 3.85. The van der Waals surface area contributed by atoms with Crippen LogP contribution < -0.4 is 14.8 Å². The Bertz CT molecular complexity index is 879. The first kappa shape index (κ1) is 21.4. The molecule has 2 rings (SSSR count). The van der Waals surface area contributed by atoms with Crippen LogP contribution in [0.1, 0.15) is 12.8 Å². The largest absolute Gasteiger partial charge is 0.495 e. The SMILES string of the molecule is COc1ccc([N+](=O)[O-])cc1N(CC(=O)N1CCC(C(N)=O)CC1)S(C)(=O)=O. The van der Waals surface area contributed by atoms with Crippen molar-refractivity contribution < 1.29 is 27.7 Å². The van der Waals surface area contributed by atoms with Crippen LogP contribution in [0.4, 0.5) is 11.4 Å². The van der Waals surface area contributed by atoms with E-state index in [0.29, 0.717) is 12.8 Å². The second kappa shape index (κ2) is 8.42. The minimum absolute atomic E-state index is 0.0799. The number of hydrogen-bond acceptors (Lipinski definition) is 7. The summed E-state index contributed by atoms with van der Waals surface area (Å²) < 4.78 is 30.5. The summed E-state index contributed by atoms with van der Waals surface area (Å²) in [5.41, 5.74) is 4.84. The van der Waals surface area contributed by atoms with E-state index in [1.165, 1.54) is 24.1 Å². The van der Waals surface area contributed by atoms with Crippen molar-refractivity contribution in [3.8, 4) is 5.75 Å². The van der Waals surface area contributed by atoms with Crippen LogP contribution in [0.3, 0.4) is 0 Å². The van der Waals surface area contributed by atoms with Crippen LogP contribution in [0.15, 0.2) is 18.2 Å². The molecule has 1 fully saturated rings. The number of likely N-dealkylation sites (tertiary alicyclic amines) is 1. The molecule has 0 radical (unpaired) electrons. The number of non-ortho nitro benzene ring substituents is 1. The summed E-state index contributed by atoms with van der Waals surface area (Å²) in [7, 11) is -2.65. The Kier molecular flexibility index (Phi) is 6.44. The van der Waals surface area contributed by atoms with Crippen LogP contribution in [0.2, 0.25) is 0 Å². The maximum absolute atomic E-state index is 12.7. The Hall–Kier alpha value is -2.89. The van der Waals surface area contributed by atoms with Gasteiger partial charge >= 0.3 is 0 Å². The van der Waals surface area contributed by atoms with Gasteiger partial charge in [-0.15, -0.1) is 0 Å². The summed E-state index contributed by atoms with van der Waals surface area (Å²) in [5, 5.41) is 11.1. The summed E-state index contributed by atoms with van der Waals surface area (Å²) in [6.07, 6.45) is 1.71. The number of ether oxygens (including phenoxy) is 1. The van der Waals surface area contributed by atoms with Crippen molar-refractivity contribution in [3.05, 3.63) is 28.3 Å². The highest BCUT2D eigenvalue weighted by molar-refractivity contribution is 7.92. The van der Waals surface area contributed by atoms with E-state index in [4.69, 9.17) is 10.5 Å². The van der Waals surface area contributed by atoms with Crippen LogP contribution in [0.5, 0.6) is 5.75 Å². The van der Waals surface area contributed by atoms with Crippen molar-refractivity contribution in [2.75, 3.05) is 37.3 Å². The fourth-order valence-electron chi connectivity index (χ4n) is 3.00. The number of rotatable bonds is 7. The number of carbonyl (C=O) groups excluding carboxylic acids is 2. The molecular weight excluding hydrogens is 392 g/mol. The molecule has 28 heavy (non-hydrogen) atoms. The molecule has 1 aliphatic rings. The number of methoxy groups -OCH3 is 1. The highest BCUT2D eigenvalue weighted by Gasteiger charge is 2.30. The predicted octanol–water partition coefficient (Wildman–Crippen LogP) is 0.0933. The molecule has 0 unspecified atom stereocenters. The summed E-state index contributed by atoms with van der Waals surface area (Å²) in [6, 6.07) is 3.50. The van der Waals surface area contributed by atoms with E-state index in [0.717, 1.165) is 16.6 Å². The molecule has 11 nitrogen and oxygen atoms in total. The van der Waals surface area contributed by atoms with Crippen molar-refractivity contribution in [1.29, 1.82) is 0 Å². The third-order valence-corrected chi connectivity index (χ3v) is 5.70. The number of primary amides is 1. The zero-order valence-electron chi connectivity index (χ0n) is 15.5. The lowest BCUT2D eigenvalue weighted by molar-refractivity contribution is -0.384. The second-order valence-electron chi connectivity index (χ2n) is 6.44. The highest BCUT2D eigenvalue weighted by Crippen LogP contribution is 2.33. The normalized spacial score (nSPS) is 15.1. The summed E-state index contributed by atoms with van der Waals surface area (Å²) >= 11 is 0. The van der Waals surface area contributed by atoms with E-state index in [9.17, 15) is 28.1 Å². The smallest absolute Gasteiger partial charge is 0.271 e. The number of nitro groups is 1. The Morgan fingerprint density at radius 3 is 2.43 bits per heavy atom. The van der Waals surface area contributed by atoms with Crippen LogP contribution >= 0.6 is 0 Å². The first-order valence-corrected chi connectivity index (χ1v) is 10.3. The second-order valence-corrected chi connectivity index (χ2v) is 8.35. The first-order chi connectivity index (χ1) is 13.0. The summed E-state index contributed by atoms with van der Waals surface area (Å²) in [5.74, 6) is -1.14. The van der Waals surface area contributed by atoms with Gasteiger partial charge in [0.2, 0.25) is 21.8 Å². The number of sulfonamides is 1. The molecule has 154 valence electrons. The van der Waals surface area contributed by atoms with Gasteiger partial charge in [-0.1, -0.05) is 0 Å². The van der Waals surface area contributed by atoms with Crippen LogP contribution in [-0.2, 0) is 19.6 Å². The third kappa shape index (κ3) is 4.88. The lowest BCUT2D eigenvalue weighted by Crippen LogP contribution is -2.47. The van der Waals surface area contributed by atoms with Crippen molar-refractivity contribution in [3.63, 3.8) is 0 Å². The number of piperidine rings is 1. The number of amides is 2. The number of nitrogens with zero attached hydrogens (tertiary/aromatic N) is 3. The van der Waals surface area contributed by atoms with Crippen LogP contribution in [-0.4, -0.2) is 63.1 Å². The van der Waals surface area contributed by atoms with Gasteiger partial charge in [0.1, 0.15) is 18.0 Å². The average molecular weight is 414 g/mol. The number of benzene rings is 1. The number of nitro benzene ring substituents is 1. The molecule has 1 saturated heterocycles. The van der Waals surface area contributed by atoms with Gasteiger partial charge in [0.05, 0.1) is 18.3 Å². The molecule has 1 aliphatic heterocycles. The van der Waals surface area contributed by atoms with Gasteiger partial charge in [-0.2, -0.15) is 0 Å². The van der Waals surface area contributed by atoms with Gasteiger partial charge in [0.25, 0.3) is 5.69 Å². The molecule has 1 aromatic rings. The van der Waals surface area contributed by atoms with E-state index in [1.807, 2.05) is 0 Å². The molecule has 0 spiro atoms. The van der Waals surface area contributed by atoms with Gasteiger partial charge in [-0.3, -0.25) is 24.0 Å². The number of anilines is 1. The van der Waals surface area contributed by atoms with Crippen molar-refractivity contribution in [2.24, 2.45) is 11.7 Å². The quantitative estimate of drug-likeness (QED) is 0.490. The predicted molar refractivity (Wildman–Crippen MR) is 100 cm³/mol. The summed E-state index contributed by atoms with van der Waals surface area (Å²) in [6.45, 7) is 0.00380. The van der Waals surface area contributed by atoms with Gasteiger partial charge in [0.15, 0.2) is 0 Å². The molecule has 12 heteroatoms. The maximum atomic E-state index is 12.7. The number of nitrogens with two attached hydrogens (primary N) is 1. The first-order valence-electron chi connectivity index (χ1n) is 8.41. The number of hydrogen-bond donors (Lipinski definition) is 1.